The van der Waals surface area contributed by atoms with Crippen LogP contribution in [-0.2, 0) is 0 Å². The Balaban J connectivity index is 2.80. The van der Waals surface area contributed by atoms with Gasteiger partial charge in [-0.1, -0.05) is 0 Å². The minimum atomic E-state index is -0.497. The van der Waals surface area contributed by atoms with Gasteiger partial charge in [-0.05, 0) is 31.5 Å². The number of hydrogen-bond acceptors (Lipinski definition) is 4. The van der Waals surface area contributed by atoms with Gasteiger partial charge in [-0.2, -0.15) is 5.26 Å². The Morgan fingerprint density at radius 3 is 2.81 bits per heavy atom. The molecule has 1 aromatic rings. The first kappa shape index (κ1) is 12.5. The molecule has 1 aromatic heterocycles. The minimum absolute atomic E-state index is 0.0398. The van der Waals surface area contributed by atoms with Crippen molar-refractivity contribution in [3.05, 3.63) is 23.9 Å². The molecule has 2 atom stereocenters. The Hall–Kier alpha value is -1.60. The van der Waals surface area contributed by atoms with E-state index >= 15 is 0 Å². The maximum atomic E-state index is 9.46. The van der Waals surface area contributed by atoms with Gasteiger partial charge in [-0.3, -0.25) is 0 Å². The van der Waals surface area contributed by atoms with Crippen LogP contribution < -0.4 is 4.90 Å². The van der Waals surface area contributed by atoms with E-state index in [1.54, 1.807) is 19.2 Å². The number of rotatable bonds is 4. The van der Waals surface area contributed by atoms with Crippen molar-refractivity contribution in [2.24, 2.45) is 5.92 Å². The van der Waals surface area contributed by atoms with Crippen LogP contribution in [0.1, 0.15) is 25.5 Å². The fourth-order valence-electron chi connectivity index (χ4n) is 1.45. The van der Waals surface area contributed by atoms with E-state index in [0.717, 1.165) is 11.4 Å². The lowest BCUT2D eigenvalue weighted by Gasteiger charge is -2.20. The van der Waals surface area contributed by atoms with Crippen molar-refractivity contribution >= 4 is 5.82 Å². The highest BCUT2D eigenvalue weighted by Crippen LogP contribution is 2.17. The summed E-state index contributed by atoms with van der Waals surface area (Å²) < 4.78 is 0. The lowest BCUT2D eigenvalue weighted by Crippen LogP contribution is -2.24. The monoisotopic (exact) mass is 219 g/mol. The van der Waals surface area contributed by atoms with Gasteiger partial charge in [0, 0.05) is 19.8 Å². The van der Waals surface area contributed by atoms with Crippen molar-refractivity contribution < 1.29 is 5.11 Å². The van der Waals surface area contributed by atoms with Crippen molar-refractivity contribution in [3.63, 3.8) is 0 Å². The molecule has 0 aromatic carbocycles. The van der Waals surface area contributed by atoms with Crippen LogP contribution in [0.25, 0.3) is 0 Å². The minimum Gasteiger partial charge on any atom is -0.389 e. The fourth-order valence-corrected chi connectivity index (χ4v) is 1.45. The summed E-state index contributed by atoms with van der Waals surface area (Å²) in [5.74, 6) is 0.738. The number of aromatic nitrogens is 1. The maximum absolute atomic E-state index is 9.46. The first-order valence-electron chi connectivity index (χ1n) is 5.29. The molecule has 4 nitrogen and oxygen atoms in total. The molecule has 16 heavy (non-hydrogen) atoms. The summed E-state index contributed by atoms with van der Waals surface area (Å²) in [6.45, 7) is 4.22. The number of aliphatic hydroxyl groups is 1. The van der Waals surface area contributed by atoms with Crippen molar-refractivity contribution in [3.8, 4) is 6.07 Å². The molecule has 1 rings (SSSR count). The Morgan fingerprint density at radius 2 is 2.25 bits per heavy atom. The van der Waals surface area contributed by atoms with Crippen LogP contribution in [0.5, 0.6) is 0 Å². The molecule has 86 valence electrons. The van der Waals surface area contributed by atoms with Gasteiger partial charge in [0.05, 0.1) is 18.1 Å². The van der Waals surface area contributed by atoms with Gasteiger partial charge < -0.3 is 10.0 Å². The first-order valence-corrected chi connectivity index (χ1v) is 5.29. The topological polar surface area (TPSA) is 60.2 Å². The highest BCUT2D eigenvalue weighted by atomic mass is 16.3. The van der Waals surface area contributed by atoms with Crippen LogP contribution in [0.15, 0.2) is 18.3 Å². The summed E-state index contributed by atoms with van der Waals surface area (Å²) in [5, 5.41) is 18.2. The fraction of sp³-hybridized carbons (Fsp3) is 0.500. The second-order valence-corrected chi connectivity index (χ2v) is 4.03. The second kappa shape index (κ2) is 5.47. The van der Waals surface area contributed by atoms with Crippen LogP contribution in [0, 0.1) is 17.2 Å². The van der Waals surface area contributed by atoms with Crippen LogP contribution in [0.2, 0.25) is 0 Å². The summed E-state index contributed by atoms with van der Waals surface area (Å²) in [4.78, 5) is 6.13. The summed E-state index contributed by atoms with van der Waals surface area (Å²) in [5.41, 5.74) is 0.835. The van der Waals surface area contributed by atoms with E-state index < -0.39 is 6.10 Å². The SMILES string of the molecule is CC(C#N)CN(C)c1cc(C(C)O)ccn1. The van der Waals surface area contributed by atoms with E-state index in [1.807, 2.05) is 24.9 Å². The van der Waals surface area contributed by atoms with Crippen molar-refractivity contribution in [2.45, 2.75) is 20.0 Å². The van der Waals surface area contributed by atoms with Gasteiger partial charge >= 0.3 is 0 Å². The van der Waals surface area contributed by atoms with Gasteiger partial charge in [0.1, 0.15) is 5.82 Å². The second-order valence-electron chi connectivity index (χ2n) is 4.03. The van der Waals surface area contributed by atoms with Crippen LogP contribution in [-0.4, -0.2) is 23.7 Å². The summed E-state index contributed by atoms with van der Waals surface area (Å²) in [6, 6.07) is 5.81. The molecule has 0 spiro atoms. The normalized spacial score (nSPS) is 13.9. The van der Waals surface area contributed by atoms with Gasteiger partial charge in [-0.25, -0.2) is 4.98 Å². The highest BCUT2D eigenvalue weighted by molar-refractivity contribution is 5.40. The molecule has 0 radical (unpaired) electrons. The quantitative estimate of drug-likeness (QED) is 0.837. The van der Waals surface area contributed by atoms with E-state index in [4.69, 9.17) is 5.26 Å². The van der Waals surface area contributed by atoms with Gasteiger partial charge in [-0.15, -0.1) is 0 Å². The summed E-state index contributed by atoms with van der Waals surface area (Å²) in [6.07, 6.45) is 1.17. The van der Waals surface area contributed by atoms with Crippen LogP contribution in [0.3, 0.4) is 0 Å². The Labute approximate surface area is 96.2 Å². The Morgan fingerprint density at radius 1 is 1.56 bits per heavy atom. The molecule has 0 fully saturated rings. The predicted molar refractivity (Wildman–Crippen MR) is 62.9 cm³/mol. The first-order chi connectivity index (χ1) is 7.54. The lowest BCUT2D eigenvalue weighted by molar-refractivity contribution is 0.199. The standard InChI is InChI=1S/C12H17N3O/c1-9(7-13)8-15(3)12-6-11(10(2)16)4-5-14-12/h4-6,9-10,16H,8H2,1-3H3. The summed E-state index contributed by atoms with van der Waals surface area (Å²) >= 11 is 0. The van der Waals surface area contributed by atoms with E-state index in [0.29, 0.717) is 6.54 Å². The van der Waals surface area contributed by atoms with Gasteiger partial charge in [0.2, 0.25) is 0 Å². The number of aliphatic hydroxyl groups excluding tert-OH is 1. The maximum Gasteiger partial charge on any atom is 0.128 e. The average molecular weight is 219 g/mol. The number of pyridine rings is 1. The van der Waals surface area contributed by atoms with Crippen molar-refractivity contribution in [1.29, 1.82) is 5.26 Å². The molecule has 0 aliphatic heterocycles. The van der Waals surface area contributed by atoms with Gasteiger partial charge in [0.15, 0.2) is 0 Å². The number of hydrogen-bond donors (Lipinski definition) is 1. The number of anilines is 1. The smallest absolute Gasteiger partial charge is 0.128 e. The van der Waals surface area contributed by atoms with E-state index in [9.17, 15) is 5.11 Å². The van der Waals surface area contributed by atoms with E-state index in [-0.39, 0.29) is 5.92 Å². The van der Waals surface area contributed by atoms with E-state index in [2.05, 4.69) is 11.1 Å². The van der Waals surface area contributed by atoms with Crippen molar-refractivity contribution in [1.82, 2.24) is 4.98 Å². The Bertz CT molecular complexity index is 384. The molecular formula is C12H17N3O. The molecule has 0 saturated heterocycles. The molecule has 0 saturated carbocycles. The lowest BCUT2D eigenvalue weighted by atomic mass is 10.1. The number of nitriles is 1. The zero-order chi connectivity index (χ0) is 12.1. The predicted octanol–water partition coefficient (Wildman–Crippen LogP) is 1.73. The zero-order valence-corrected chi connectivity index (χ0v) is 9.88. The van der Waals surface area contributed by atoms with Crippen molar-refractivity contribution in [2.75, 3.05) is 18.5 Å². The molecule has 0 aliphatic rings. The number of nitrogens with zero attached hydrogens (tertiary/aromatic N) is 3. The molecule has 0 amide bonds. The largest absolute Gasteiger partial charge is 0.389 e. The molecule has 0 bridgehead atoms. The van der Waals surface area contributed by atoms with Crippen LogP contribution in [0.4, 0.5) is 5.82 Å². The van der Waals surface area contributed by atoms with E-state index in [1.165, 1.54) is 0 Å². The molecule has 0 aliphatic carbocycles. The summed E-state index contributed by atoms with van der Waals surface area (Å²) in [7, 11) is 1.89. The third kappa shape index (κ3) is 3.21. The third-order valence-electron chi connectivity index (χ3n) is 2.41. The molecule has 1 N–H and O–H groups in total. The zero-order valence-electron chi connectivity index (χ0n) is 9.88. The third-order valence-corrected chi connectivity index (χ3v) is 2.41. The Kier molecular flexibility index (Phi) is 4.27. The molecule has 1 heterocycles. The molecule has 4 heteroatoms. The molecular weight excluding hydrogens is 202 g/mol. The highest BCUT2D eigenvalue weighted by Gasteiger charge is 2.09. The van der Waals surface area contributed by atoms with Gasteiger partial charge in [0.25, 0.3) is 0 Å². The van der Waals surface area contributed by atoms with Crippen LogP contribution >= 0.6 is 0 Å². The molecule has 2 unspecified atom stereocenters. The average Bonchev–Trinajstić information content (AvgIpc) is 2.28.